The van der Waals surface area contributed by atoms with Gasteiger partial charge in [0.2, 0.25) is 0 Å². The van der Waals surface area contributed by atoms with Gasteiger partial charge < -0.3 is 13.5 Å². The van der Waals surface area contributed by atoms with Gasteiger partial charge in [-0.1, -0.05) is 30.3 Å². The number of hydrogen-bond acceptors (Lipinski definition) is 4. The Bertz CT molecular complexity index is 448. The molecule has 6 heteroatoms. The third kappa shape index (κ3) is 6.45. The molecule has 0 bridgehead atoms. The standard InChI is InChI=1S/C15H27O4PSi/c1-6-17-20(16,18-7-2)15(19-21(3,4)5)13-14-11-9-8-10-12-14/h8-12,15H,6-7,13H2,1-5H3. The second kappa shape index (κ2) is 8.25. The molecule has 0 amide bonds. The van der Waals surface area contributed by atoms with Crippen LogP contribution in [0.1, 0.15) is 19.4 Å². The van der Waals surface area contributed by atoms with Crippen molar-refractivity contribution in [2.24, 2.45) is 0 Å². The zero-order chi connectivity index (χ0) is 15.9. The van der Waals surface area contributed by atoms with Gasteiger partial charge in [0.25, 0.3) is 0 Å². The van der Waals surface area contributed by atoms with Crippen LogP contribution in [0.3, 0.4) is 0 Å². The first-order valence-corrected chi connectivity index (χ1v) is 12.4. The maximum absolute atomic E-state index is 13.0. The van der Waals surface area contributed by atoms with Gasteiger partial charge in [0, 0.05) is 6.42 Å². The highest BCUT2D eigenvalue weighted by atomic mass is 31.2. The molecule has 0 saturated heterocycles. The van der Waals surface area contributed by atoms with Crippen LogP contribution in [0.15, 0.2) is 30.3 Å². The summed E-state index contributed by atoms with van der Waals surface area (Å²) in [5.41, 5.74) is 1.07. The number of hydrogen-bond donors (Lipinski definition) is 0. The van der Waals surface area contributed by atoms with E-state index < -0.39 is 21.8 Å². The van der Waals surface area contributed by atoms with E-state index in [4.69, 9.17) is 13.5 Å². The van der Waals surface area contributed by atoms with Gasteiger partial charge in [-0.3, -0.25) is 4.57 Å². The van der Waals surface area contributed by atoms with Gasteiger partial charge >= 0.3 is 7.60 Å². The van der Waals surface area contributed by atoms with Crippen molar-refractivity contribution in [2.45, 2.75) is 45.8 Å². The molecule has 1 aromatic carbocycles. The minimum absolute atomic E-state index is 0.345. The SMILES string of the molecule is CCOP(=O)(OCC)C(Cc1ccccc1)O[Si](C)(C)C. The van der Waals surface area contributed by atoms with Crippen molar-refractivity contribution in [3.05, 3.63) is 35.9 Å². The van der Waals surface area contributed by atoms with E-state index in [9.17, 15) is 4.57 Å². The van der Waals surface area contributed by atoms with E-state index in [1.807, 2.05) is 44.2 Å². The molecule has 4 nitrogen and oxygen atoms in total. The van der Waals surface area contributed by atoms with Crippen LogP contribution in [0.2, 0.25) is 19.6 Å². The Morgan fingerprint density at radius 2 is 1.57 bits per heavy atom. The molecule has 1 atom stereocenters. The lowest BCUT2D eigenvalue weighted by molar-refractivity contribution is 0.157. The van der Waals surface area contributed by atoms with Crippen molar-refractivity contribution in [3.63, 3.8) is 0 Å². The molecule has 0 aliphatic heterocycles. The van der Waals surface area contributed by atoms with Crippen molar-refractivity contribution in [1.82, 2.24) is 0 Å². The molecule has 0 radical (unpaired) electrons. The van der Waals surface area contributed by atoms with Crippen LogP contribution in [-0.2, 0) is 24.5 Å². The van der Waals surface area contributed by atoms with E-state index >= 15 is 0 Å². The van der Waals surface area contributed by atoms with Crippen LogP contribution in [0, 0.1) is 0 Å². The van der Waals surface area contributed by atoms with Crippen LogP contribution in [0.25, 0.3) is 0 Å². The van der Waals surface area contributed by atoms with Crippen LogP contribution < -0.4 is 0 Å². The lowest BCUT2D eigenvalue weighted by atomic mass is 10.2. The molecule has 21 heavy (non-hydrogen) atoms. The third-order valence-corrected chi connectivity index (χ3v) is 6.13. The van der Waals surface area contributed by atoms with Crippen LogP contribution in [0.5, 0.6) is 0 Å². The first-order valence-electron chi connectivity index (χ1n) is 7.41. The van der Waals surface area contributed by atoms with Crippen molar-refractivity contribution < 1.29 is 18.0 Å². The zero-order valence-electron chi connectivity index (χ0n) is 13.7. The first kappa shape index (κ1) is 18.6. The lowest BCUT2D eigenvalue weighted by Gasteiger charge is -2.31. The highest BCUT2D eigenvalue weighted by molar-refractivity contribution is 7.54. The van der Waals surface area contributed by atoms with Gasteiger partial charge in [-0.05, 0) is 39.1 Å². The van der Waals surface area contributed by atoms with Crippen LogP contribution >= 0.6 is 7.60 Å². The van der Waals surface area contributed by atoms with Gasteiger partial charge in [0.05, 0.1) is 13.2 Å². The molecule has 0 aliphatic carbocycles. The second-order valence-electron chi connectivity index (χ2n) is 5.75. The predicted octanol–water partition coefficient (Wildman–Crippen LogP) is 4.67. The molecule has 120 valence electrons. The van der Waals surface area contributed by atoms with Crippen molar-refractivity contribution in [1.29, 1.82) is 0 Å². The molecule has 0 spiro atoms. The fourth-order valence-electron chi connectivity index (χ4n) is 2.01. The second-order valence-corrected chi connectivity index (χ2v) is 12.4. The Labute approximate surface area is 129 Å². The summed E-state index contributed by atoms with van der Waals surface area (Å²) in [6.07, 6.45) is 0.530. The summed E-state index contributed by atoms with van der Waals surface area (Å²) in [5.74, 6) is -0.550. The van der Waals surface area contributed by atoms with E-state index in [1.165, 1.54) is 0 Å². The minimum atomic E-state index is -3.28. The maximum atomic E-state index is 13.0. The molecule has 0 N–H and O–H groups in total. The normalized spacial score (nSPS) is 14.1. The Morgan fingerprint density at radius 3 is 2.00 bits per heavy atom. The largest absolute Gasteiger partial charge is 0.403 e. The Morgan fingerprint density at radius 1 is 1.05 bits per heavy atom. The molecule has 0 fully saturated rings. The summed E-state index contributed by atoms with van der Waals surface area (Å²) in [6, 6.07) is 9.90. The molecule has 1 rings (SSSR count). The van der Waals surface area contributed by atoms with E-state index in [2.05, 4.69) is 19.6 Å². The van der Waals surface area contributed by atoms with Crippen molar-refractivity contribution in [2.75, 3.05) is 13.2 Å². The van der Waals surface area contributed by atoms with Gasteiger partial charge in [-0.2, -0.15) is 0 Å². The maximum Gasteiger partial charge on any atom is 0.358 e. The van der Waals surface area contributed by atoms with Crippen molar-refractivity contribution >= 4 is 15.9 Å². The number of rotatable bonds is 9. The predicted molar refractivity (Wildman–Crippen MR) is 89.2 cm³/mol. The van der Waals surface area contributed by atoms with Crippen LogP contribution in [-0.4, -0.2) is 27.4 Å². The molecule has 1 aromatic rings. The van der Waals surface area contributed by atoms with E-state index in [0.717, 1.165) is 5.56 Å². The Kier molecular flexibility index (Phi) is 7.31. The summed E-state index contributed by atoms with van der Waals surface area (Å²) < 4.78 is 30.1. The molecular formula is C15H27O4PSi. The van der Waals surface area contributed by atoms with E-state index in [-0.39, 0.29) is 0 Å². The smallest absolute Gasteiger partial charge is 0.358 e. The number of benzene rings is 1. The molecule has 0 aromatic heterocycles. The highest BCUT2D eigenvalue weighted by Gasteiger charge is 2.39. The van der Waals surface area contributed by atoms with Gasteiger partial charge in [0.1, 0.15) is 0 Å². The summed E-state index contributed by atoms with van der Waals surface area (Å²) in [7, 11) is -5.15. The summed E-state index contributed by atoms with van der Waals surface area (Å²) in [5, 5.41) is 0. The van der Waals surface area contributed by atoms with Gasteiger partial charge in [-0.15, -0.1) is 0 Å². The molecule has 0 saturated carbocycles. The minimum Gasteiger partial charge on any atom is -0.403 e. The third-order valence-electron chi connectivity index (χ3n) is 2.71. The average Bonchev–Trinajstić information content (AvgIpc) is 2.38. The summed E-state index contributed by atoms with van der Waals surface area (Å²) >= 11 is 0. The summed E-state index contributed by atoms with van der Waals surface area (Å²) in [4.78, 5) is 0. The van der Waals surface area contributed by atoms with E-state index in [0.29, 0.717) is 19.6 Å². The van der Waals surface area contributed by atoms with Crippen molar-refractivity contribution in [3.8, 4) is 0 Å². The average molecular weight is 330 g/mol. The molecule has 0 heterocycles. The van der Waals surface area contributed by atoms with Gasteiger partial charge in [0.15, 0.2) is 14.2 Å². The van der Waals surface area contributed by atoms with E-state index in [1.54, 1.807) is 0 Å². The molecule has 0 aliphatic rings. The highest BCUT2D eigenvalue weighted by Crippen LogP contribution is 2.55. The monoisotopic (exact) mass is 330 g/mol. The Hall–Kier alpha value is -0.453. The topological polar surface area (TPSA) is 44.8 Å². The Balaban J connectivity index is 3.02. The fraction of sp³-hybridized carbons (Fsp3) is 0.600. The molecule has 1 unspecified atom stereocenters. The fourth-order valence-corrected chi connectivity index (χ4v) is 5.93. The molecular weight excluding hydrogens is 303 g/mol. The first-order chi connectivity index (χ1) is 9.80. The van der Waals surface area contributed by atoms with Crippen LogP contribution in [0.4, 0.5) is 0 Å². The lowest BCUT2D eigenvalue weighted by Crippen LogP contribution is -2.34. The van der Waals surface area contributed by atoms with Gasteiger partial charge in [-0.25, -0.2) is 0 Å². The quantitative estimate of drug-likeness (QED) is 0.487. The zero-order valence-corrected chi connectivity index (χ0v) is 15.6. The summed E-state index contributed by atoms with van der Waals surface area (Å²) in [6.45, 7) is 10.6.